The zero-order chi connectivity index (χ0) is 8.48. The van der Waals surface area contributed by atoms with Crippen LogP contribution in [-0.4, -0.2) is 25.8 Å². The Morgan fingerprint density at radius 3 is 2.55 bits per heavy atom. The van der Waals surface area contributed by atoms with Gasteiger partial charge in [0.05, 0.1) is 6.07 Å². The van der Waals surface area contributed by atoms with Gasteiger partial charge in [0.25, 0.3) is 0 Å². The van der Waals surface area contributed by atoms with E-state index < -0.39 is 10.2 Å². The van der Waals surface area contributed by atoms with E-state index in [1.165, 1.54) is 10.4 Å². The smallest absolute Gasteiger partial charge is 0.238 e. The maximum Gasteiger partial charge on any atom is 0.368 e. The second-order valence-electron chi connectivity index (χ2n) is 2.31. The first-order valence-corrected chi connectivity index (χ1v) is 4.55. The first kappa shape index (κ1) is 8.20. The summed E-state index contributed by atoms with van der Waals surface area (Å²) in [7, 11) is -3.28. The summed E-state index contributed by atoms with van der Waals surface area (Å²) in [6, 6.07) is 1.84. The van der Waals surface area contributed by atoms with Crippen LogP contribution in [0.2, 0.25) is 0 Å². The lowest BCUT2D eigenvalue weighted by molar-refractivity contribution is -0.177. The third kappa shape index (κ3) is 1.77. The molecule has 0 bridgehead atoms. The Labute approximate surface area is 64.9 Å². The predicted molar refractivity (Wildman–Crippen MR) is 37.1 cm³/mol. The molecule has 1 aliphatic rings. The fraction of sp³-hybridized carbons (Fsp3) is 0.400. The van der Waals surface area contributed by atoms with Gasteiger partial charge in [-0.1, -0.05) is 0 Å². The molecular weight excluding hydrogens is 166 g/mol. The van der Waals surface area contributed by atoms with Crippen molar-refractivity contribution in [1.82, 2.24) is 4.31 Å². The molecule has 0 amide bonds. The van der Waals surface area contributed by atoms with E-state index in [-0.39, 0.29) is 0 Å². The van der Waals surface area contributed by atoms with Crippen LogP contribution < -0.4 is 5.14 Å². The Morgan fingerprint density at radius 2 is 2.18 bits per heavy atom. The van der Waals surface area contributed by atoms with E-state index in [0.29, 0.717) is 13.1 Å². The fourth-order valence-corrected chi connectivity index (χ4v) is 1.51. The number of rotatable bonds is 1. The quantitative estimate of drug-likeness (QED) is 0.477. The van der Waals surface area contributed by atoms with E-state index in [9.17, 15) is 8.42 Å². The highest BCUT2D eigenvalue weighted by Crippen LogP contribution is 2.14. The van der Waals surface area contributed by atoms with Crippen LogP contribution in [-0.2, 0) is 10.2 Å². The molecule has 0 radical (unpaired) electrons. The molecule has 0 aliphatic carbocycles. The number of nitrogens with zero attached hydrogens (tertiary/aromatic N) is 2. The molecule has 11 heavy (non-hydrogen) atoms. The van der Waals surface area contributed by atoms with E-state index in [0.717, 1.165) is 5.57 Å². The van der Waals surface area contributed by atoms with E-state index >= 15 is 0 Å². The first-order chi connectivity index (χ1) is 5.04. The van der Waals surface area contributed by atoms with Crippen molar-refractivity contribution in [2.24, 2.45) is 0 Å². The van der Waals surface area contributed by atoms with Crippen molar-refractivity contribution in [3.63, 3.8) is 0 Å². The Morgan fingerprint density at radius 1 is 1.64 bits per heavy atom. The van der Waals surface area contributed by atoms with Crippen molar-refractivity contribution >= 4 is 10.2 Å². The summed E-state index contributed by atoms with van der Waals surface area (Å²) >= 11 is 0. The first-order valence-electron chi connectivity index (χ1n) is 2.95. The van der Waals surface area contributed by atoms with Gasteiger partial charge in [0.15, 0.2) is 0 Å². The van der Waals surface area contributed by atoms with Crippen LogP contribution in [0, 0.1) is 11.3 Å². The van der Waals surface area contributed by atoms with Gasteiger partial charge in [-0.25, -0.2) is 5.14 Å². The van der Waals surface area contributed by atoms with Crippen LogP contribution in [0.5, 0.6) is 0 Å². The van der Waals surface area contributed by atoms with E-state index in [1.54, 1.807) is 0 Å². The summed E-state index contributed by atoms with van der Waals surface area (Å²) in [6.07, 6.45) is 1.36. The predicted octanol–water partition coefficient (Wildman–Crippen LogP) is -1.76. The summed E-state index contributed by atoms with van der Waals surface area (Å²) < 4.78 is 22.5. The normalized spacial score (nSPS) is 18.7. The monoisotopic (exact) mass is 174 g/mol. The molecule has 0 spiro atoms. The number of nitriles is 1. The van der Waals surface area contributed by atoms with Gasteiger partial charge in [-0.05, 0) is 5.57 Å². The van der Waals surface area contributed by atoms with Gasteiger partial charge in [-0.2, -0.15) is 13.7 Å². The molecule has 1 heterocycles. The van der Waals surface area contributed by atoms with Crippen LogP contribution in [0.4, 0.5) is 0 Å². The second-order valence-corrected chi connectivity index (χ2v) is 3.99. The molecule has 1 fully saturated rings. The Balaban J connectivity index is 2.57. The summed E-state index contributed by atoms with van der Waals surface area (Å²) in [5.41, 5.74) is 0.833. The number of hydrogen-bond acceptors (Lipinski definition) is 3. The third-order valence-corrected chi connectivity index (χ3v) is 2.47. The van der Waals surface area contributed by atoms with Crippen molar-refractivity contribution in [3.05, 3.63) is 11.6 Å². The maximum absolute atomic E-state index is 10.7. The molecule has 0 aromatic heterocycles. The zero-order valence-electron chi connectivity index (χ0n) is 5.82. The average molecular weight is 174 g/mol. The lowest BCUT2D eigenvalue weighted by atomic mass is 10.1. The highest BCUT2D eigenvalue weighted by atomic mass is 32.2. The van der Waals surface area contributed by atoms with Gasteiger partial charge in [-0.15, -0.1) is 4.31 Å². The minimum atomic E-state index is -3.28. The molecule has 6 heteroatoms. The lowest BCUT2D eigenvalue weighted by Crippen LogP contribution is -2.67. The molecule has 1 saturated heterocycles. The molecule has 60 valence electrons. The fourth-order valence-electron chi connectivity index (χ4n) is 0.786. The molecule has 0 atom stereocenters. The summed E-state index contributed by atoms with van der Waals surface area (Å²) in [5.74, 6) is 0. The molecule has 1 rings (SSSR count). The van der Waals surface area contributed by atoms with Crippen molar-refractivity contribution < 1.29 is 13.6 Å². The maximum atomic E-state index is 10.7. The van der Waals surface area contributed by atoms with Gasteiger partial charge in [0, 0.05) is 19.2 Å². The Hall–Kier alpha value is -0.900. The van der Waals surface area contributed by atoms with Gasteiger partial charge in [0.1, 0.15) is 0 Å². The summed E-state index contributed by atoms with van der Waals surface area (Å²) in [6.45, 7) is 0.638. The number of allylic oxidation sites excluding steroid dienone is 1. The van der Waals surface area contributed by atoms with Gasteiger partial charge in [0.2, 0.25) is 0 Å². The molecular formula is C5H8N3O2S+. The SMILES string of the molecule is N#CC=C1CN(S([NH3+])(=O)=O)C1. The largest absolute Gasteiger partial charge is 0.368 e. The van der Waals surface area contributed by atoms with E-state index in [4.69, 9.17) is 5.26 Å². The second kappa shape index (κ2) is 2.62. The molecule has 0 unspecified atom stereocenters. The molecule has 1 aliphatic heterocycles. The van der Waals surface area contributed by atoms with Crippen molar-refractivity contribution in [1.29, 1.82) is 5.26 Å². The number of quaternary nitrogens is 1. The van der Waals surface area contributed by atoms with Crippen LogP contribution in [0.25, 0.3) is 0 Å². The van der Waals surface area contributed by atoms with Crippen LogP contribution in [0.1, 0.15) is 0 Å². The Bertz CT molecular complexity index is 316. The summed E-state index contributed by atoms with van der Waals surface area (Å²) in [4.78, 5) is 0. The van der Waals surface area contributed by atoms with Crippen LogP contribution >= 0.6 is 0 Å². The Kier molecular flexibility index (Phi) is 1.95. The minimum Gasteiger partial charge on any atom is -0.238 e. The van der Waals surface area contributed by atoms with Crippen molar-refractivity contribution in [2.45, 2.75) is 0 Å². The van der Waals surface area contributed by atoms with Crippen LogP contribution in [0.15, 0.2) is 11.6 Å². The van der Waals surface area contributed by atoms with Crippen molar-refractivity contribution in [2.75, 3.05) is 13.1 Å². The van der Waals surface area contributed by atoms with E-state index in [2.05, 4.69) is 5.14 Å². The van der Waals surface area contributed by atoms with Gasteiger partial charge in [-0.3, -0.25) is 0 Å². The standard InChI is InChI=1S/C5H7N3O2S/c6-2-1-5-3-8(4-5)11(7,9)10/h1H,3-4H2,(H2,7,9,10)/p+1. The lowest BCUT2D eigenvalue weighted by Gasteiger charge is -2.27. The van der Waals surface area contributed by atoms with Crippen LogP contribution in [0.3, 0.4) is 0 Å². The highest BCUT2D eigenvalue weighted by Gasteiger charge is 2.30. The molecule has 3 N–H and O–H groups in total. The minimum absolute atomic E-state index is 0.319. The van der Waals surface area contributed by atoms with E-state index in [1.807, 2.05) is 6.07 Å². The molecule has 0 aromatic carbocycles. The van der Waals surface area contributed by atoms with Crippen molar-refractivity contribution in [3.8, 4) is 6.07 Å². The topological polar surface area (TPSA) is 88.8 Å². The molecule has 0 aromatic rings. The summed E-state index contributed by atoms with van der Waals surface area (Å²) in [5, 5.41) is 11.2. The van der Waals surface area contributed by atoms with Gasteiger partial charge < -0.3 is 0 Å². The third-order valence-electron chi connectivity index (χ3n) is 1.42. The highest BCUT2D eigenvalue weighted by molar-refractivity contribution is 7.82. The zero-order valence-corrected chi connectivity index (χ0v) is 6.63. The molecule has 5 nitrogen and oxygen atoms in total. The molecule has 0 saturated carbocycles. The number of hydrogen-bond donors (Lipinski definition) is 1. The van der Waals surface area contributed by atoms with Gasteiger partial charge >= 0.3 is 10.2 Å². The average Bonchev–Trinajstić information content (AvgIpc) is 1.74.